The number of rotatable bonds is 5. The van der Waals surface area contributed by atoms with E-state index in [-0.39, 0.29) is 0 Å². The van der Waals surface area contributed by atoms with Crippen LogP contribution in [0.25, 0.3) is 0 Å². The van der Waals surface area contributed by atoms with E-state index < -0.39 is 0 Å². The van der Waals surface area contributed by atoms with Crippen LogP contribution in [0.4, 0.5) is 0 Å². The standard InChI is InChI=1S/C18H30N2/c1-15-7-9-17(10-8-15)13-19-14-18(20(3)4)11-5-6-16(2)12-18/h7-10,16,19H,5-6,11-14H2,1-4H3. The number of hydrogen-bond acceptors (Lipinski definition) is 2. The molecule has 1 N–H and O–H groups in total. The van der Waals surface area contributed by atoms with Crippen LogP contribution < -0.4 is 5.32 Å². The molecular formula is C18H30N2. The fraction of sp³-hybridized carbons (Fsp3) is 0.667. The van der Waals surface area contributed by atoms with E-state index in [1.165, 1.54) is 36.8 Å². The van der Waals surface area contributed by atoms with Crippen LogP contribution in [0.5, 0.6) is 0 Å². The van der Waals surface area contributed by atoms with Crippen LogP contribution in [0.15, 0.2) is 24.3 Å². The molecule has 2 atom stereocenters. The number of likely N-dealkylation sites (N-methyl/N-ethyl adjacent to an activating group) is 1. The van der Waals surface area contributed by atoms with Crippen LogP contribution >= 0.6 is 0 Å². The molecule has 2 unspecified atom stereocenters. The summed E-state index contributed by atoms with van der Waals surface area (Å²) in [6.07, 6.45) is 5.41. The molecule has 1 aromatic rings. The van der Waals surface area contributed by atoms with E-state index in [1.54, 1.807) is 0 Å². The zero-order chi connectivity index (χ0) is 14.6. The molecule has 1 aliphatic rings. The van der Waals surface area contributed by atoms with Crippen molar-refractivity contribution in [2.24, 2.45) is 5.92 Å². The Kier molecular flexibility index (Phi) is 5.22. The number of aryl methyl sites for hydroxylation is 1. The second kappa shape index (κ2) is 6.73. The molecule has 1 aliphatic carbocycles. The highest BCUT2D eigenvalue weighted by Crippen LogP contribution is 2.35. The van der Waals surface area contributed by atoms with Crippen molar-refractivity contribution in [2.45, 2.75) is 51.6 Å². The summed E-state index contributed by atoms with van der Waals surface area (Å²) in [7, 11) is 4.48. The molecule has 0 bridgehead atoms. The van der Waals surface area contributed by atoms with Gasteiger partial charge in [-0.05, 0) is 45.3 Å². The monoisotopic (exact) mass is 274 g/mol. The summed E-state index contributed by atoms with van der Waals surface area (Å²) in [4.78, 5) is 2.45. The number of hydrogen-bond donors (Lipinski definition) is 1. The normalized spacial score (nSPS) is 26.9. The van der Waals surface area contributed by atoms with E-state index in [9.17, 15) is 0 Å². The van der Waals surface area contributed by atoms with Gasteiger partial charge in [-0.1, -0.05) is 49.6 Å². The summed E-state index contributed by atoms with van der Waals surface area (Å²) in [6.45, 7) is 6.61. The van der Waals surface area contributed by atoms with Crippen LogP contribution in [-0.2, 0) is 6.54 Å². The Hall–Kier alpha value is -0.860. The number of benzene rings is 1. The highest BCUT2D eigenvalue weighted by atomic mass is 15.2. The smallest absolute Gasteiger partial charge is 0.0330 e. The molecule has 2 heteroatoms. The van der Waals surface area contributed by atoms with Gasteiger partial charge in [0.05, 0.1) is 0 Å². The summed E-state index contributed by atoms with van der Waals surface area (Å²) in [5, 5.41) is 3.69. The van der Waals surface area contributed by atoms with E-state index in [1.807, 2.05) is 0 Å². The minimum atomic E-state index is 0.350. The zero-order valence-electron chi connectivity index (χ0n) is 13.6. The molecule has 0 aromatic heterocycles. The van der Waals surface area contributed by atoms with Crippen LogP contribution in [0.2, 0.25) is 0 Å². The third kappa shape index (κ3) is 3.83. The van der Waals surface area contributed by atoms with Gasteiger partial charge in [-0.25, -0.2) is 0 Å². The first-order chi connectivity index (χ1) is 9.52. The van der Waals surface area contributed by atoms with Gasteiger partial charge in [-0.2, -0.15) is 0 Å². The van der Waals surface area contributed by atoms with Gasteiger partial charge in [-0.3, -0.25) is 0 Å². The lowest BCUT2D eigenvalue weighted by Crippen LogP contribution is -2.54. The summed E-state index contributed by atoms with van der Waals surface area (Å²) < 4.78 is 0. The van der Waals surface area contributed by atoms with E-state index in [2.05, 4.69) is 62.4 Å². The lowest BCUT2D eigenvalue weighted by Gasteiger charge is -2.45. The highest BCUT2D eigenvalue weighted by Gasteiger charge is 2.36. The van der Waals surface area contributed by atoms with Crippen LogP contribution in [-0.4, -0.2) is 31.1 Å². The summed E-state index contributed by atoms with van der Waals surface area (Å²) >= 11 is 0. The van der Waals surface area contributed by atoms with E-state index in [0.717, 1.165) is 19.0 Å². The SMILES string of the molecule is Cc1ccc(CNCC2(N(C)C)CCCC(C)C2)cc1. The highest BCUT2D eigenvalue weighted by molar-refractivity contribution is 5.21. The zero-order valence-corrected chi connectivity index (χ0v) is 13.6. The second-order valence-electron chi connectivity index (χ2n) is 6.91. The van der Waals surface area contributed by atoms with Crippen LogP contribution in [0.1, 0.15) is 43.7 Å². The molecule has 0 amide bonds. The predicted molar refractivity (Wildman–Crippen MR) is 86.9 cm³/mol. The first kappa shape index (κ1) is 15.5. The Morgan fingerprint density at radius 3 is 2.55 bits per heavy atom. The molecular weight excluding hydrogens is 244 g/mol. The quantitative estimate of drug-likeness (QED) is 0.882. The van der Waals surface area contributed by atoms with Gasteiger partial charge >= 0.3 is 0 Å². The molecule has 112 valence electrons. The average molecular weight is 274 g/mol. The summed E-state index contributed by atoms with van der Waals surface area (Å²) in [5.74, 6) is 0.854. The maximum absolute atomic E-state index is 3.69. The molecule has 0 heterocycles. The average Bonchev–Trinajstić information content (AvgIpc) is 2.41. The summed E-state index contributed by atoms with van der Waals surface area (Å²) in [5.41, 5.74) is 3.07. The van der Waals surface area contributed by atoms with Crippen molar-refractivity contribution in [3.63, 3.8) is 0 Å². The fourth-order valence-corrected chi connectivity index (χ4v) is 3.50. The van der Waals surface area contributed by atoms with Crippen molar-refractivity contribution in [1.29, 1.82) is 0 Å². The third-order valence-electron chi connectivity index (χ3n) is 4.92. The fourth-order valence-electron chi connectivity index (χ4n) is 3.50. The topological polar surface area (TPSA) is 15.3 Å². The Bertz CT molecular complexity index is 410. The predicted octanol–water partition coefficient (Wildman–Crippen LogP) is 3.60. The van der Waals surface area contributed by atoms with Crippen molar-refractivity contribution in [3.8, 4) is 0 Å². The molecule has 0 saturated heterocycles. The first-order valence-corrected chi connectivity index (χ1v) is 7.95. The molecule has 1 fully saturated rings. The van der Waals surface area contributed by atoms with Gasteiger partial charge in [0.1, 0.15) is 0 Å². The third-order valence-corrected chi connectivity index (χ3v) is 4.92. The minimum absolute atomic E-state index is 0.350. The van der Waals surface area contributed by atoms with Gasteiger partial charge in [-0.15, -0.1) is 0 Å². The Balaban J connectivity index is 1.91. The molecule has 0 radical (unpaired) electrons. The number of nitrogens with zero attached hydrogens (tertiary/aromatic N) is 1. The van der Waals surface area contributed by atoms with E-state index in [0.29, 0.717) is 5.54 Å². The van der Waals surface area contributed by atoms with Crippen molar-refractivity contribution in [3.05, 3.63) is 35.4 Å². The maximum Gasteiger partial charge on any atom is 0.0330 e. The minimum Gasteiger partial charge on any atom is -0.311 e. The van der Waals surface area contributed by atoms with Gasteiger partial charge in [0, 0.05) is 18.6 Å². The molecule has 1 saturated carbocycles. The van der Waals surface area contributed by atoms with Crippen LogP contribution in [0, 0.1) is 12.8 Å². The molecule has 2 rings (SSSR count). The van der Waals surface area contributed by atoms with Crippen LogP contribution in [0.3, 0.4) is 0 Å². The molecule has 0 spiro atoms. The maximum atomic E-state index is 3.69. The Morgan fingerprint density at radius 2 is 1.95 bits per heavy atom. The molecule has 20 heavy (non-hydrogen) atoms. The van der Waals surface area contributed by atoms with Gasteiger partial charge in [0.25, 0.3) is 0 Å². The summed E-state index contributed by atoms with van der Waals surface area (Å²) in [6, 6.07) is 8.85. The molecule has 0 aliphatic heterocycles. The lowest BCUT2D eigenvalue weighted by atomic mass is 9.75. The van der Waals surface area contributed by atoms with Gasteiger partial charge in [0.15, 0.2) is 0 Å². The van der Waals surface area contributed by atoms with E-state index >= 15 is 0 Å². The molecule has 2 nitrogen and oxygen atoms in total. The largest absolute Gasteiger partial charge is 0.311 e. The van der Waals surface area contributed by atoms with E-state index in [4.69, 9.17) is 0 Å². The van der Waals surface area contributed by atoms with Gasteiger partial charge < -0.3 is 10.2 Å². The van der Waals surface area contributed by atoms with Crippen molar-refractivity contribution >= 4 is 0 Å². The molecule has 1 aromatic carbocycles. The Labute approximate surface area is 124 Å². The number of nitrogens with one attached hydrogen (secondary N) is 1. The van der Waals surface area contributed by atoms with Crippen molar-refractivity contribution in [2.75, 3.05) is 20.6 Å². The van der Waals surface area contributed by atoms with Gasteiger partial charge in [0.2, 0.25) is 0 Å². The first-order valence-electron chi connectivity index (χ1n) is 7.95. The van der Waals surface area contributed by atoms with Crippen molar-refractivity contribution in [1.82, 2.24) is 10.2 Å². The lowest BCUT2D eigenvalue weighted by molar-refractivity contribution is 0.0749. The Morgan fingerprint density at radius 1 is 1.25 bits per heavy atom. The second-order valence-corrected chi connectivity index (χ2v) is 6.91. The van der Waals surface area contributed by atoms with Crippen molar-refractivity contribution < 1.29 is 0 Å².